The molecule has 0 bridgehead atoms. The van der Waals surface area contributed by atoms with Gasteiger partial charge < -0.3 is 14.4 Å². The van der Waals surface area contributed by atoms with E-state index in [1.54, 1.807) is 41.0 Å². The first-order valence-electron chi connectivity index (χ1n) is 13.0. The molecule has 196 valence electrons. The molecular weight excluding hydrogens is 498 g/mol. The molecule has 4 heterocycles. The highest BCUT2D eigenvalue weighted by Gasteiger charge is 2.56. The van der Waals surface area contributed by atoms with Crippen molar-refractivity contribution < 1.29 is 19.1 Å². The third-order valence-electron chi connectivity index (χ3n) is 7.73. The van der Waals surface area contributed by atoms with Crippen LogP contribution in [0.4, 0.5) is 5.69 Å². The van der Waals surface area contributed by atoms with Crippen LogP contribution in [0.5, 0.6) is 5.75 Å². The lowest BCUT2D eigenvalue weighted by molar-refractivity contribution is 0.0516. The van der Waals surface area contributed by atoms with E-state index in [0.717, 1.165) is 30.6 Å². The van der Waals surface area contributed by atoms with Crippen LogP contribution < -0.4 is 15.2 Å². The summed E-state index contributed by atoms with van der Waals surface area (Å²) >= 11 is 0. The molecule has 1 aliphatic carbocycles. The molecule has 1 spiro atoms. The van der Waals surface area contributed by atoms with E-state index in [4.69, 9.17) is 14.6 Å². The van der Waals surface area contributed by atoms with Gasteiger partial charge in [-0.2, -0.15) is 5.10 Å². The van der Waals surface area contributed by atoms with Crippen LogP contribution in [-0.4, -0.2) is 51.0 Å². The van der Waals surface area contributed by atoms with Gasteiger partial charge in [-0.05, 0) is 67.8 Å². The van der Waals surface area contributed by atoms with Crippen molar-refractivity contribution in [3.63, 3.8) is 0 Å². The van der Waals surface area contributed by atoms with Gasteiger partial charge in [0.1, 0.15) is 11.4 Å². The predicted octanol–water partition coefficient (Wildman–Crippen LogP) is 3.22. The largest absolute Gasteiger partial charge is 0.493 e. The number of hydrogen-bond acceptors (Lipinski definition) is 7. The number of carbonyl (C=O) groups is 2. The lowest BCUT2D eigenvalue weighted by Gasteiger charge is -2.33. The zero-order valence-corrected chi connectivity index (χ0v) is 21.3. The number of aromatic nitrogens is 4. The lowest BCUT2D eigenvalue weighted by Crippen LogP contribution is -2.44. The zero-order chi connectivity index (χ0) is 26.7. The Kier molecular flexibility index (Phi) is 5.19. The monoisotopic (exact) mass is 523 g/mol. The number of hydrogen-bond donors (Lipinski definition) is 0. The minimum atomic E-state index is -0.517. The molecule has 3 aliphatic rings. The Labute approximate surface area is 223 Å². The summed E-state index contributed by atoms with van der Waals surface area (Å²) in [5.74, 6) is 0.0678. The molecule has 2 aliphatic heterocycles. The second-order valence-electron chi connectivity index (χ2n) is 10.1. The third-order valence-corrected chi connectivity index (χ3v) is 7.73. The third kappa shape index (κ3) is 3.66. The fraction of sp³-hybridized carbons (Fsp3) is 0.276. The van der Waals surface area contributed by atoms with Gasteiger partial charge in [0.15, 0.2) is 5.69 Å². The molecule has 0 saturated heterocycles. The molecular formula is C29H25N5O5. The van der Waals surface area contributed by atoms with Gasteiger partial charge in [-0.25, -0.2) is 9.48 Å². The lowest BCUT2D eigenvalue weighted by atomic mass is 9.88. The fourth-order valence-corrected chi connectivity index (χ4v) is 5.65. The van der Waals surface area contributed by atoms with Crippen LogP contribution in [0.25, 0.3) is 11.4 Å². The minimum Gasteiger partial charge on any atom is -0.493 e. The van der Waals surface area contributed by atoms with Gasteiger partial charge in [-0.1, -0.05) is 0 Å². The molecule has 0 radical (unpaired) electrons. The summed E-state index contributed by atoms with van der Waals surface area (Å²) in [5, 5.41) is 4.69. The Bertz CT molecular complexity index is 1700. The molecule has 1 amide bonds. The van der Waals surface area contributed by atoms with Gasteiger partial charge in [0.2, 0.25) is 0 Å². The molecule has 0 atom stereocenters. The van der Waals surface area contributed by atoms with Crippen LogP contribution in [0.15, 0.2) is 65.8 Å². The Hall–Kier alpha value is -4.73. The average molecular weight is 524 g/mol. The van der Waals surface area contributed by atoms with Gasteiger partial charge in [-0.3, -0.25) is 19.1 Å². The maximum Gasteiger partial charge on any atom is 0.359 e. The van der Waals surface area contributed by atoms with Crippen molar-refractivity contribution in [3.8, 4) is 17.1 Å². The molecule has 0 N–H and O–H groups in total. The number of carbonyl (C=O) groups excluding carboxylic acids is 2. The molecule has 1 fully saturated rings. The SMILES string of the molecule is CCOC(=O)c1nn(-c2ccc3c(c2)CCO3)c2c1C1(CC1)CN(c1ccc(-n3ccncc3=O)cc1)C2=O. The van der Waals surface area contributed by atoms with Gasteiger partial charge in [-0.15, -0.1) is 0 Å². The molecule has 10 heteroatoms. The van der Waals surface area contributed by atoms with E-state index in [2.05, 4.69) is 4.98 Å². The van der Waals surface area contributed by atoms with Crippen LogP contribution in [0.2, 0.25) is 0 Å². The minimum absolute atomic E-state index is 0.210. The summed E-state index contributed by atoms with van der Waals surface area (Å²) in [5.41, 5.74) is 3.78. The van der Waals surface area contributed by atoms with E-state index < -0.39 is 5.97 Å². The van der Waals surface area contributed by atoms with Gasteiger partial charge in [0.05, 0.1) is 25.1 Å². The highest BCUT2D eigenvalue weighted by Crippen LogP contribution is 2.54. The molecule has 2 aromatic carbocycles. The van der Waals surface area contributed by atoms with Crippen LogP contribution in [0.3, 0.4) is 0 Å². The average Bonchev–Trinajstić information content (AvgIpc) is 3.36. The summed E-state index contributed by atoms with van der Waals surface area (Å²) in [6.07, 6.45) is 6.86. The Morgan fingerprint density at radius 2 is 1.85 bits per heavy atom. The molecule has 7 rings (SSSR count). The summed E-state index contributed by atoms with van der Waals surface area (Å²) in [6, 6.07) is 13.0. The zero-order valence-electron chi connectivity index (χ0n) is 21.3. The Balaban J connectivity index is 1.34. The van der Waals surface area contributed by atoms with E-state index >= 15 is 0 Å². The van der Waals surface area contributed by atoms with Crippen LogP contribution in [-0.2, 0) is 16.6 Å². The normalized spacial score (nSPS) is 16.5. The van der Waals surface area contributed by atoms with Crippen LogP contribution in [0, 0.1) is 0 Å². The maximum absolute atomic E-state index is 14.2. The number of nitrogens with zero attached hydrogens (tertiary/aromatic N) is 5. The smallest absolute Gasteiger partial charge is 0.359 e. The first-order chi connectivity index (χ1) is 19.0. The number of fused-ring (bicyclic) bond motifs is 3. The van der Waals surface area contributed by atoms with Crippen molar-refractivity contribution in [2.24, 2.45) is 0 Å². The van der Waals surface area contributed by atoms with E-state index in [-0.39, 0.29) is 29.2 Å². The van der Waals surface area contributed by atoms with E-state index in [0.29, 0.717) is 41.5 Å². The number of anilines is 1. The van der Waals surface area contributed by atoms with Crippen molar-refractivity contribution >= 4 is 17.6 Å². The molecule has 10 nitrogen and oxygen atoms in total. The predicted molar refractivity (Wildman–Crippen MR) is 141 cm³/mol. The highest BCUT2D eigenvalue weighted by molar-refractivity contribution is 6.10. The summed E-state index contributed by atoms with van der Waals surface area (Å²) < 4.78 is 14.1. The Morgan fingerprint density at radius 3 is 2.59 bits per heavy atom. The highest BCUT2D eigenvalue weighted by atomic mass is 16.5. The summed E-state index contributed by atoms with van der Waals surface area (Å²) in [7, 11) is 0. The number of ether oxygens (including phenoxy) is 2. The fourth-order valence-electron chi connectivity index (χ4n) is 5.65. The second-order valence-corrected chi connectivity index (χ2v) is 10.1. The van der Waals surface area contributed by atoms with Crippen molar-refractivity contribution in [2.45, 2.75) is 31.6 Å². The Morgan fingerprint density at radius 1 is 1.08 bits per heavy atom. The van der Waals surface area contributed by atoms with Gasteiger partial charge >= 0.3 is 5.97 Å². The van der Waals surface area contributed by atoms with Crippen molar-refractivity contribution in [1.29, 1.82) is 0 Å². The van der Waals surface area contributed by atoms with Crippen LogP contribution >= 0.6 is 0 Å². The topological polar surface area (TPSA) is 109 Å². The van der Waals surface area contributed by atoms with Crippen LogP contribution in [0.1, 0.15) is 51.9 Å². The van der Waals surface area contributed by atoms with E-state index in [1.807, 2.05) is 30.3 Å². The van der Waals surface area contributed by atoms with Gasteiger partial charge in [0.25, 0.3) is 11.5 Å². The first kappa shape index (κ1) is 23.4. The van der Waals surface area contributed by atoms with E-state index in [9.17, 15) is 14.4 Å². The quantitative estimate of drug-likeness (QED) is 0.370. The van der Waals surface area contributed by atoms with Gasteiger partial charge in [0, 0.05) is 47.7 Å². The summed E-state index contributed by atoms with van der Waals surface area (Å²) in [6.45, 7) is 3.02. The molecule has 1 saturated carbocycles. The second kappa shape index (κ2) is 8.65. The number of rotatable bonds is 5. The molecule has 2 aromatic heterocycles. The molecule has 4 aromatic rings. The van der Waals surface area contributed by atoms with Crippen molar-refractivity contribution in [2.75, 3.05) is 24.7 Å². The number of esters is 1. The van der Waals surface area contributed by atoms with E-state index in [1.165, 1.54) is 10.8 Å². The molecule has 0 unspecified atom stereocenters. The maximum atomic E-state index is 14.2. The first-order valence-corrected chi connectivity index (χ1v) is 13.0. The molecule has 39 heavy (non-hydrogen) atoms. The summed E-state index contributed by atoms with van der Waals surface area (Å²) in [4.78, 5) is 45.1. The number of benzene rings is 2. The van der Waals surface area contributed by atoms with Crippen molar-refractivity contribution in [3.05, 3.63) is 93.9 Å². The number of amides is 1. The standard InChI is InChI=1S/C29H25N5O5/c1-2-38-28(37)25-24-26(34(31-25)21-7-8-22-18(15-21)9-14-39-22)27(36)33(17-29(24)10-11-29)20-5-3-19(4-6-20)32-13-12-30-16-23(32)35/h3-8,12-13,15-16H,2,9-11,14,17H2,1H3. The van der Waals surface area contributed by atoms with Crippen molar-refractivity contribution in [1.82, 2.24) is 19.3 Å².